The number of piperidine rings is 2. The molecule has 0 aromatic carbocycles. The number of aromatic nitrogens is 2. The van der Waals surface area contributed by atoms with Crippen LogP contribution in [0.3, 0.4) is 0 Å². The molecule has 2 saturated heterocycles. The summed E-state index contributed by atoms with van der Waals surface area (Å²) >= 11 is 1.72. The Bertz CT molecular complexity index is 575. The van der Waals surface area contributed by atoms with E-state index in [0.29, 0.717) is 12.3 Å². The van der Waals surface area contributed by atoms with Crippen LogP contribution in [-0.2, 0) is 11.2 Å². The third-order valence-electron chi connectivity index (χ3n) is 5.26. The molecule has 0 radical (unpaired) electrons. The summed E-state index contributed by atoms with van der Waals surface area (Å²) in [5, 5.41) is 10.8. The molecule has 0 N–H and O–H groups in total. The third kappa shape index (κ3) is 3.88. The number of carbonyl (C=O) groups is 1. The quantitative estimate of drug-likeness (QED) is 0.811. The van der Waals surface area contributed by atoms with Gasteiger partial charge in [-0.15, -0.1) is 10.2 Å². The van der Waals surface area contributed by atoms with Crippen molar-refractivity contribution in [3.63, 3.8) is 0 Å². The van der Waals surface area contributed by atoms with E-state index in [1.54, 1.807) is 11.3 Å². The molecule has 0 aliphatic carbocycles. The van der Waals surface area contributed by atoms with Crippen LogP contribution in [0.5, 0.6) is 0 Å². The minimum absolute atomic E-state index is 0.233. The molecule has 0 bridgehead atoms. The van der Waals surface area contributed by atoms with Gasteiger partial charge >= 0.3 is 0 Å². The highest BCUT2D eigenvalue weighted by Gasteiger charge is 2.42. The van der Waals surface area contributed by atoms with Crippen molar-refractivity contribution in [2.24, 2.45) is 5.41 Å². The number of anilines is 1. The molecule has 3 rings (SSSR count). The van der Waals surface area contributed by atoms with Crippen molar-refractivity contribution in [1.29, 1.82) is 0 Å². The van der Waals surface area contributed by atoms with Gasteiger partial charge in [0, 0.05) is 44.6 Å². The molecule has 7 heteroatoms. The smallest absolute Gasteiger partial charge is 0.222 e. The zero-order valence-corrected chi connectivity index (χ0v) is 15.9. The highest BCUT2D eigenvalue weighted by atomic mass is 32.1. The molecule has 6 nitrogen and oxygen atoms in total. The van der Waals surface area contributed by atoms with E-state index >= 15 is 0 Å². The van der Waals surface area contributed by atoms with Gasteiger partial charge in [-0.25, -0.2) is 0 Å². The lowest BCUT2D eigenvalue weighted by atomic mass is 9.73. The van der Waals surface area contributed by atoms with E-state index in [2.05, 4.69) is 45.9 Å². The number of carbonyl (C=O) groups excluding carboxylic acids is 1. The van der Waals surface area contributed by atoms with Crippen molar-refractivity contribution in [3.8, 4) is 0 Å². The summed E-state index contributed by atoms with van der Waals surface area (Å²) in [7, 11) is 4.13. The number of rotatable bonds is 5. The van der Waals surface area contributed by atoms with E-state index in [1.165, 1.54) is 12.8 Å². The maximum absolute atomic E-state index is 12.3. The van der Waals surface area contributed by atoms with Gasteiger partial charge in [0.25, 0.3) is 0 Å². The Kier molecular flexibility index (Phi) is 5.39. The van der Waals surface area contributed by atoms with Gasteiger partial charge in [-0.1, -0.05) is 18.3 Å². The van der Waals surface area contributed by atoms with E-state index < -0.39 is 0 Å². The van der Waals surface area contributed by atoms with E-state index in [0.717, 1.165) is 55.7 Å². The molecule has 1 atom stereocenters. The summed E-state index contributed by atoms with van der Waals surface area (Å²) in [5.41, 5.74) is 0.233. The molecule has 2 aliphatic rings. The van der Waals surface area contributed by atoms with E-state index in [9.17, 15) is 4.79 Å². The highest BCUT2D eigenvalue weighted by Crippen LogP contribution is 2.40. The van der Waals surface area contributed by atoms with Crippen LogP contribution in [0.4, 0.5) is 5.13 Å². The number of nitrogens with zero attached hydrogens (tertiary/aromatic N) is 5. The largest absolute Gasteiger partial charge is 0.346 e. The van der Waals surface area contributed by atoms with E-state index in [1.807, 2.05) is 0 Å². The Morgan fingerprint density at radius 1 is 1.25 bits per heavy atom. The molecule has 0 saturated carbocycles. The zero-order chi connectivity index (χ0) is 17.2. The SMILES string of the molecule is CCc1nnc(N2CCCC3(CCC(=O)N(CCN(C)C)C3)C2)s1. The standard InChI is InChI=1S/C17H29N5OS/c1-4-14-18-19-16(24-14)22-9-5-7-17(13-22)8-6-15(23)21(12-17)11-10-20(2)3/h4-13H2,1-3H3. The molecular weight excluding hydrogens is 322 g/mol. The van der Waals surface area contributed by atoms with Crippen LogP contribution >= 0.6 is 11.3 Å². The fourth-order valence-corrected chi connectivity index (χ4v) is 4.65. The first-order valence-electron chi connectivity index (χ1n) is 9.01. The number of hydrogen-bond acceptors (Lipinski definition) is 6. The van der Waals surface area contributed by atoms with Crippen molar-refractivity contribution in [1.82, 2.24) is 20.0 Å². The fourth-order valence-electron chi connectivity index (χ4n) is 3.85. The van der Waals surface area contributed by atoms with E-state index in [4.69, 9.17) is 0 Å². The minimum Gasteiger partial charge on any atom is -0.346 e. The molecule has 3 heterocycles. The van der Waals surface area contributed by atoms with Crippen LogP contribution in [0.1, 0.15) is 37.6 Å². The van der Waals surface area contributed by atoms with Gasteiger partial charge in [0.1, 0.15) is 5.01 Å². The number of likely N-dealkylation sites (N-methyl/N-ethyl adjacent to an activating group) is 1. The fraction of sp³-hybridized carbons (Fsp3) is 0.824. The lowest BCUT2D eigenvalue weighted by Crippen LogP contribution is -2.55. The van der Waals surface area contributed by atoms with Crippen LogP contribution in [0.25, 0.3) is 0 Å². The number of aryl methyl sites for hydroxylation is 1. The van der Waals surface area contributed by atoms with Crippen molar-refractivity contribution < 1.29 is 4.79 Å². The Labute approximate surface area is 148 Å². The van der Waals surface area contributed by atoms with Gasteiger partial charge in [-0.3, -0.25) is 4.79 Å². The van der Waals surface area contributed by atoms with Gasteiger partial charge in [0.15, 0.2) is 0 Å². The lowest BCUT2D eigenvalue weighted by Gasteiger charge is -2.48. The summed E-state index contributed by atoms with van der Waals surface area (Å²) in [6.07, 6.45) is 5.05. The first-order valence-corrected chi connectivity index (χ1v) is 9.83. The van der Waals surface area contributed by atoms with Crippen LogP contribution < -0.4 is 4.90 Å². The van der Waals surface area contributed by atoms with Crippen molar-refractivity contribution >= 4 is 22.4 Å². The molecule has 1 aromatic heterocycles. The molecule has 1 unspecified atom stereocenters. The predicted octanol–water partition coefficient (Wildman–Crippen LogP) is 1.87. The molecule has 2 fully saturated rings. The normalized spacial score (nSPS) is 25.1. The maximum atomic E-state index is 12.3. The van der Waals surface area contributed by atoms with Gasteiger partial charge in [-0.2, -0.15) is 0 Å². The summed E-state index contributed by atoms with van der Waals surface area (Å²) in [6.45, 7) is 6.87. The summed E-state index contributed by atoms with van der Waals surface area (Å²) in [6, 6.07) is 0. The molecule has 1 amide bonds. The maximum Gasteiger partial charge on any atom is 0.222 e. The van der Waals surface area contributed by atoms with Gasteiger partial charge in [0.05, 0.1) is 0 Å². The molecule has 1 spiro atoms. The topological polar surface area (TPSA) is 52.6 Å². The summed E-state index contributed by atoms with van der Waals surface area (Å²) in [5.74, 6) is 0.323. The summed E-state index contributed by atoms with van der Waals surface area (Å²) < 4.78 is 0. The average Bonchev–Trinajstić information content (AvgIpc) is 3.05. The lowest BCUT2D eigenvalue weighted by molar-refractivity contribution is -0.138. The molecular formula is C17H29N5OS. The van der Waals surface area contributed by atoms with E-state index in [-0.39, 0.29) is 5.41 Å². The van der Waals surface area contributed by atoms with Crippen molar-refractivity contribution in [3.05, 3.63) is 5.01 Å². The first-order chi connectivity index (χ1) is 11.5. The third-order valence-corrected chi connectivity index (χ3v) is 6.38. The monoisotopic (exact) mass is 351 g/mol. The van der Waals surface area contributed by atoms with Crippen LogP contribution in [0.2, 0.25) is 0 Å². The molecule has 24 heavy (non-hydrogen) atoms. The zero-order valence-electron chi connectivity index (χ0n) is 15.1. The highest BCUT2D eigenvalue weighted by molar-refractivity contribution is 7.15. The minimum atomic E-state index is 0.233. The number of hydrogen-bond donors (Lipinski definition) is 0. The van der Waals surface area contributed by atoms with Crippen LogP contribution in [0.15, 0.2) is 0 Å². The number of amides is 1. The number of likely N-dealkylation sites (tertiary alicyclic amines) is 1. The second kappa shape index (κ2) is 7.35. The second-order valence-electron chi connectivity index (χ2n) is 7.48. The average molecular weight is 352 g/mol. The van der Waals surface area contributed by atoms with Gasteiger partial charge in [-0.05, 0) is 39.8 Å². The van der Waals surface area contributed by atoms with Crippen molar-refractivity contribution in [2.75, 3.05) is 51.7 Å². The first kappa shape index (κ1) is 17.6. The summed E-state index contributed by atoms with van der Waals surface area (Å²) in [4.78, 5) is 18.9. The Morgan fingerprint density at radius 2 is 2.08 bits per heavy atom. The second-order valence-corrected chi connectivity index (χ2v) is 8.52. The predicted molar refractivity (Wildman–Crippen MR) is 97.5 cm³/mol. The Morgan fingerprint density at radius 3 is 2.79 bits per heavy atom. The molecule has 134 valence electrons. The van der Waals surface area contributed by atoms with Crippen molar-refractivity contribution in [2.45, 2.75) is 39.0 Å². The molecule has 2 aliphatic heterocycles. The van der Waals surface area contributed by atoms with Gasteiger partial charge < -0.3 is 14.7 Å². The molecule has 1 aromatic rings. The Balaban J connectivity index is 1.68. The van der Waals surface area contributed by atoms with Gasteiger partial charge in [0.2, 0.25) is 11.0 Å². The Hall–Kier alpha value is -1.21. The van der Waals surface area contributed by atoms with Crippen LogP contribution in [-0.4, -0.2) is 72.7 Å². The van der Waals surface area contributed by atoms with Crippen LogP contribution in [0, 0.1) is 5.41 Å².